The predicted molar refractivity (Wildman–Crippen MR) is 79.6 cm³/mol. The van der Waals surface area contributed by atoms with E-state index in [0.29, 0.717) is 30.0 Å². The molecular weight excluding hydrogens is 350 g/mol. The molecule has 0 radical (unpaired) electrons. The van der Waals surface area contributed by atoms with Crippen LogP contribution in [-0.2, 0) is 23.0 Å². The number of nitrogens with one attached hydrogen (secondary N) is 1. The number of rotatable bonds is 3. The summed E-state index contributed by atoms with van der Waals surface area (Å²) in [7, 11) is -4.07. The molecule has 3 rings (SSSR count). The predicted octanol–water partition coefficient (Wildman–Crippen LogP) is 1.51. The molecule has 0 spiro atoms. The van der Waals surface area contributed by atoms with Crippen LogP contribution in [0.4, 0.5) is 8.78 Å². The molecule has 0 bridgehead atoms. The van der Waals surface area contributed by atoms with Crippen molar-refractivity contribution in [3.8, 4) is 0 Å². The molecule has 1 aromatic heterocycles. The van der Waals surface area contributed by atoms with Crippen LogP contribution in [0.5, 0.6) is 0 Å². The van der Waals surface area contributed by atoms with Gasteiger partial charge in [-0.05, 0) is 18.5 Å². The van der Waals surface area contributed by atoms with Gasteiger partial charge in [-0.2, -0.15) is 4.31 Å². The molecule has 0 saturated carbocycles. The van der Waals surface area contributed by atoms with E-state index in [1.165, 1.54) is 0 Å². The van der Waals surface area contributed by atoms with Crippen molar-refractivity contribution in [2.75, 3.05) is 19.6 Å². The third-order valence-electron chi connectivity index (χ3n) is 4.14. The Morgan fingerprint density at radius 1 is 1.30 bits per heavy atom. The second-order valence-electron chi connectivity index (χ2n) is 5.66. The first kappa shape index (κ1) is 16.7. The van der Waals surface area contributed by atoms with Crippen molar-refractivity contribution in [3.05, 3.63) is 16.0 Å². The summed E-state index contributed by atoms with van der Waals surface area (Å²) in [4.78, 5) is 12.3. The van der Waals surface area contributed by atoms with Gasteiger partial charge in [0, 0.05) is 37.4 Å². The standard InChI is InChI=1S/C13H16F2N2O4S2/c14-13(15)2-5-17(6-3-13)23(20,21)12-10(11(18)19)8-1-4-16-7-9(8)22-12/h16H,1-7H2,(H,18,19). The highest BCUT2D eigenvalue weighted by Crippen LogP contribution is 2.38. The highest BCUT2D eigenvalue weighted by Gasteiger charge is 2.41. The van der Waals surface area contributed by atoms with Crippen LogP contribution in [0.3, 0.4) is 0 Å². The first-order valence-electron chi connectivity index (χ1n) is 7.19. The Hall–Kier alpha value is -1.10. The average molecular weight is 366 g/mol. The lowest BCUT2D eigenvalue weighted by Crippen LogP contribution is -2.42. The molecular formula is C13H16F2N2O4S2. The van der Waals surface area contributed by atoms with Gasteiger partial charge in [0.05, 0.1) is 5.56 Å². The number of sulfonamides is 1. The summed E-state index contributed by atoms with van der Waals surface area (Å²) in [6.07, 6.45) is -0.635. The van der Waals surface area contributed by atoms with E-state index in [2.05, 4.69) is 5.32 Å². The van der Waals surface area contributed by atoms with Crippen molar-refractivity contribution in [2.24, 2.45) is 0 Å². The fourth-order valence-electron chi connectivity index (χ4n) is 2.88. The fraction of sp³-hybridized carbons (Fsp3) is 0.615. The molecule has 128 valence electrons. The number of carbonyl (C=O) groups is 1. The molecule has 0 aliphatic carbocycles. The Morgan fingerprint density at radius 3 is 2.57 bits per heavy atom. The summed E-state index contributed by atoms with van der Waals surface area (Å²) in [5.74, 6) is -4.15. The minimum absolute atomic E-state index is 0.191. The summed E-state index contributed by atoms with van der Waals surface area (Å²) < 4.78 is 52.7. The van der Waals surface area contributed by atoms with E-state index in [9.17, 15) is 27.1 Å². The van der Waals surface area contributed by atoms with E-state index in [1.807, 2.05) is 0 Å². The van der Waals surface area contributed by atoms with E-state index >= 15 is 0 Å². The van der Waals surface area contributed by atoms with Gasteiger partial charge in [0.15, 0.2) is 0 Å². The maximum atomic E-state index is 13.2. The lowest BCUT2D eigenvalue weighted by molar-refractivity contribution is -0.0411. The molecule has 2 aliphatic rings. The lowest BCUT2D eigenvalue weighted by atomic mass is 10.1. The minimum atomic E-state index is -4.07. The number of fused-ring (bicyclic) bond motifs is 1. The molecule has 10 heteroatoms. The average Bonchev–Trinajstić information content (AvgIpc) is 2.87. The molecule has 2 aliphatic heterocycles. The number of hydrogen-bond acceptors (Lipinski definition) is 5. The number of halogens is 2. The summed E-state index contributed by atoms with van der Waals surface area (Å²) in [6, 6.07) is 0. The second-order valence-corrected chi connectivity index (χ2v) is 8.90. The summed E-state index contributed by atoms with van der Waals surface area (Å²) in [5.41, 5.74) is 0.353. The molecule has 1 saturated heterocycles. The molecule has 3 heterocycles. The highest BCUT2D eigenvalue weighted by atomic mass is 32.2. The zero-order valence-electron chi connectivity index (χ0n) is 12.1. The molecule has 0 amide bonds. The van der Waals surface area contributed by atoms with Crippen molar-refractivity contribution in [1.29, 1.82) is 0 Å². The van der Waals surface area contributed by atoms with Gasteiger partial charge in [-0.15, -0.1) is 11.3 Å². The zero-order chi connectivity index (χ0) is 16.8. The van der Waals surface area contributed by atoms with E-state index in [0.717, 1.165) is 15.6 Å². The summed E-state index contributed by atoms with van der Waals surface area (Å²) in [6.45, 7) is 0.414. The van der Waals surface area contributed by atoms with Crippen molar-refractivity contribution in [2.45, 2.75) is 35.9 Å². The van der Waals surface area contributed by atoms with Crippen molar-refractivity contribution >= 4 is 27.3 Å². The summed E-state index contributed by atoms with van der Waals surface area (Å²) >= 11 is 0.930. The van der Waals surface area contributed by atoms with Crippen LogP contribution >= 0.6 is 11.3 Å². The molecule has 6 nitrogen and oxygen atoms in total. The largest absolute Gasteiger partial charge is 0.478 e. The van der Waals surface area contributed by atoms with Gasteiger partial charge < -0.3 is 10.4 Å². The van der Waals surface area contributed by atoms with Crippen LogP contribution in [-0.4, -0.2) is 49.4 Å². The molecule has 0 unspecified atom stereocenters. The van der Waals surface area contributed by atoms with Gasteiger partial charge in [-0.25, -0.2) is 22.0 Å². The first-order chi connectivity index (χ1) is 10.7. The highest BCUT2D eigenvalue weighted by molar-refractivity contribution is 7.91. The van der Waals surface area contributed by atoms with Crippen LogP contribution in [0.1, 0.15) is 33.6 Å². The number of thiophene rings is 1. The Labute approximate surface area is 136 Å². The van der Waals surface area contributed by atoms with Crippen molar-refractivity contribution in [3.63, 3.8) is 0 Å². The van der Waals surface area contributed by atoms with Gasteiger partial charge >= 0.3 is 5.97 Å². The van der Waals surface area contributed by atoms with E-state index in [-0.39, 0.29) is 22.9 Å². The van der Waals surface area contributed by atoms with Crippen LogP contribution in [0, 0.1) is 0 Å². The monoisotopic (exact) mass is 366 g/mol. The van der Waals surface area contributed by atoms with Gasteiger partial charge in [0.2, 0.25) is 0 Å². The van der Waals surface area contributed by atoms with Crippen molar-refractivity contribution < 1.29 is 27.1 Å². The van der Waals surface area contributed by atoms with Gasteiger partial charge in [0.1, 0.15) is 4.21 Å². The second kappa shape index (κ2) is 5.76. The molecule has 0 atom stereocenters. The van der Waals surface area contributed by atoms with Crippen molar-refractivity contribution in [1.82, 2.24) is 9.62 Å². The van der Waals surface area contributed by atoms with Crippen LogP contribution in [0.2, 0.25) is 0 Å². The minimum Gasteiger partial charge on any atom is -0.478 e. The van der Waals surface area contributed by atoms with Crippen LogP contribution in [0.25, 0.3) is 0 Å². The number of nitrogens with zero attached hydrogens (tertiary/aromatic N) is 1. The van der Waals surface area contributed by atoms with Crippen LogP contribution < -0.4 is 5.32 Å². The molecule has 1 fully saturated rings. The molecule has 1 aromatic rings. The Bertz CT molecular complexity index is 735. The topological polar surface area (TPSA) is 86.7 Å². The van der Waals surface area contributed by atoms with Gasteiger partial charge in [-0.1, -0.05) is 0 Å². The number of hydrogen-bond donors (Lipinski definition) is 2. The van der Waals surface area contributed by atoms with E-state index in [1.54, 1.807) is 0 Å². The maximum absolute atomic E-state index is 13.2. The Balaban J connectivity index is 2.00. The lowest BCUT2D eigenvalue weighted by Gasteiger charge is -2.30. The third-order valence-corrected chi connectivity index (χ3v) is 7.76. The number of carboxylic acid groups (broad SMARTS) is 1. The molecule has 23 heavy (non-hydrogen) atoms. The Kier molecular flexibility index (Phi) is 4.20. The quantitative estimate of drug-likeness (QED) is 0.847. The van der Waals surface area contributed by atoms with E-state index in [4.69, 9.17) is 0 Å². The Morgan fingerprint density at radius 2 is 1.96 bits per heavy atom. The van der Waals surface area contributed by atoms with E-state index < -0.39 is 34.8 Å². The number of piperidine rings is 1. The third kappa shape index (κ3) is 3.00. The number of aromatic carboxylic acids is 1. The molecule has 2 N–H and O–H groups in total. The zero-order valence-corrected chi connectivity index (χ0v) is 13.8. The van der Waals surface area contributed by atoms with Gasteiger partial charge in [-0.3, -0.25) is 0 Å². The SMILES string of the molecule is O=C(O)c1c(S(=O)(=O)N2CCC(F)(F)CC2)sc2c1CCNC2. The first-order valence-corrected chi connectivity index (χ1v) is 9.44. The fourth-order valence-corrected chi connectivity index (χ4v) is 6.32. The normalized spacial score (nSPS) is 21.8. The smallest absolute Gasteiger partial charge is 0.338 e. The number of alkyl halides is 2. The maximum Gasteiger partial charge on any atom is 0.338 e. The summed E-state index contributed by atoms with van der Waals surface area (Å²) in [5, 5.41) is 12.5. The van der Waals surface area contributed by atoms with Gasteiger partial charge in [0.25, 0.3) is 15.9 Å². The van der Waals surface area contributed by atoms with Crippen LogP contribution in [0.15, 0.2) is 4.21 Å². The molecule has 0 aromatic carbocycles. The number of carboxylic acids is 1.